The van der Waals surface area contributed by atoms with Crippen molar-refractivity contribution in [3.05, 3.63) is 83.7 Å². The summed E-state index contributed by atoms with van der Waals surface area (Å²) in [4.78, 5) is 29.9. The highest BCUT2D eigenvalue weighted by atomic mass is 19.4. The number of hydrogen-bond donors (Lipinski definition) is 1. The van der Waals surface area contributed by atoms with E-state index >= 15 is 0 Å². The molecule has 196 valence electrons. The number of likely N-dealkylation sites (tertiary alicyclic amines) is 1. The molecule has 0 bridgehead atoms. The first-order chi connectivity index (χ1) is 18.2. The molecule has 0 saturated carbocycles. The number of rotatable bonds is 6. The topological polar surface area (TPSA) is 103 Å². The monoisotopic (exact) mass is 523 g/mol. The third-order valence-electron chi connectivity index (χ3n) is 6.57. The van der Waals surface area contributed by atoms with Gasteiger partial charge in [0.1, 0.15) is 5.75 Å². The van der Waals surface area contributed by atoms with Gasteiger partial charge in [-0.15, -0.1) is 0 Å². The molecule has 2 amide bonds. The van der Waals surface area contributed by atoms with Crippen LogP contribution in [0.15, 0.2) is 67.0 Å². The van der Waals surface area contributed by atoms with Crippen molar-refractivity contribution < 1.29 is 27.5 Å². The number of piperidine rings is 1. The van der Waals surface area contributed by atoms with Crippen molar-refractivity contribution in [2.75, 3.05) is 13.1 Å². The number of carbonyl (C=O) groups excluding carboxylic acids is 2. The molecule has 38 heavy (non-hydrogen) atoms. The van der Waals surface area contributed by atoms with Gasteiger partial charge >= 0.3 is 6.18 Å². The Labute approximate surface area is 215 Å². The van der Waals surface area contributed by atoms with Gasteiger partial charge in [-0.1, -0.05) is 0 Å². The lowest BCUT2D eigenvalue weighted by molar-refractivity contribution is -0.137. The Kier molecular flexibility index (Phi) is 6.75. The van der Waals surface area contributed by atoms with E-state index in [-0.39, 0.29) is 11.8 Å². The summed E-state index contributed by atoms with van der Waals surface area (Å²) in [5, 5.41) is 5.44. The van der Waals surface area contributed by atoms with Crippen LogP contribution in [0, 0.1) is 5.92 Å². The molecule has 4 aromatic rings. The highest BCUT2D eigenvalue weighted by Gasteiger charge is 2.30. The number of nitrogens with two attached hydrogens (primary N) is 1. The van der Waals surface area contributed by atoms with Crippen LogP contribution in [0.3, 0.4) is 0 Å². The maximum absolute atomic E-state index is 13.0. The lowest BCUT2D eigenvalue weighted by Gasteiger charge is -2.32. The van der Waals surface area contributed by atoms with Crippen LogP contribution in [0.2, 0.25) is 0 Å². The number of aromatic nitrogens is 3. The molecule has 0 unspecified atom stereocenters. The molecule has 8 nitrogen and oxygen atoms in total. The second kappa shape index (κ2) is 10.2. The largest absolute Gasteiger partial charge is 0.439 e. The molecule has 2 N–H and O–H groups in total. The zero-order chi connectivity index (χ0) is 26.9. The Morgan fingerprint density at radius 2 is 1.71 bits per heavy atom. The highest BCUT2D eigenvalue weighted by molar-refractivity contribution is 5.96. The Hall–Kier alpha value is -4.41. The van der Waals surface area contributed by atoms with Gasteiger partial charge in [-0.05, 0) is 67.3 Å². The number of primary amides is 1. The summed E-state index contributed by atoms with van der Waals surface area (Å²) in [6.45, 7) is 1.94. The Morgan fingerprint density at radius 1 is 1.00 bits per heavy atom. The fraction of sp³-hybridized carbons (Fsp3) is 0.259. The van der Waals surface area contributed by atoms with Gasteiger partial charge in [0.05, 0.1) is 11.1 Å². The van der Waals surface area contributed by atoms with E-state index < -0.39 is 17.6 Å². The molecule has 0 aliphatic carbocycles. The number of nitrogens with zero attached hydrogens (tertiary/aromatic N) is 4. The quantitative estimate of drug-likeness (QED) is 0.388. The third-order valence-corrected chi connectivity index (χ3v) is 6.57. The fourth-order valence-corrected chi connectivity index (χ4v) is 4.48. The molecule has 3 heterocycles. The standard InChI is InChI=1S/C27H24F3N5O3/c28-27(29,30)21-4-8-24(32-14-21)38-22-5-1-18(2-6-22)26(37)34-11-9-17(10-12-34)15-35-16-20-13-19(25(31)36)3-7-23(20)33-35/h1-8,13-14,16-17H,9-12,15H2,(H2,31,36). The van der Waals surface area contributed by atoms with Gasteiger partial charge < -0.3 is 15.4 Å². The number of amides is 2. The van der Waals surface area contributed by atoms with E-state index in [4.69, 9.17) is 10.5 Å². The number of benzene rings is 2. The van der Waals surface area contributed by atoms with Crippen molar-refractivity contribution in [3.63, 3.8) is 0 Å². The Balaban J connectivity index is 1.14. The smallest absolute Gasteiger partial charge is 0.417 e. The van der Waals surface area contributed by atoms with E-state index in [9.17, 15) is 22.8 Å². The van der Waals surface area contributed by atoms with Crippen LogP contribution in [-0.2, 0) is 12.7 Å². The van der Waals surface area contributed by atoms with Crippen molar-refractivity contribution in [1.82, 2.24) is 19.7 Å². The summed E-state index contributed by atoms with van der Waals surface area (Å²) in [5.74, 6) is 0.178. The van der Waals surface area contributed by atoms with E-state index in [1.807, 2.05) is 15.8 Å². The predicted octanol–water partition coefficient (Wildman–Crippen LogP) is 4.89. The van der Waals surface area contributed by atoms with Crippen molar-refractivity contribution in [1.29, 1.82) is 0 Å². The average molecular weight is 524 g/mol. The molecule has 2 aromatic heterocycles. The summed E-state index contributed by atoms with van der Waals surface area (Å²) in [5.41, 5.74) is 6.24. The van der Waals surface area contributed by atoms with E-state index in [0.717, 1.165) is 35.9 Å². The van der Waals surface area contributed by atoms with Crippen molar-refractivity contribution >= 4 is 22.7 Å². The number of halogens is 3. The second-order valence-corrected chi connectivity index (χ2v) is 9.23. The SMILES string of the molecule is NC(=O)c1ccc2nn(CC3CCN(C(=O)c4ccc(Oc5ccc(C(F)(F)F)cn5)cc4)CC3)cc2c1. The van der Waals surface area contributed by atoms with E-state index in [2.05, 4.69) is 10.1 Å². The minimum absolute atomic E-state index is 0.0255. The lowest BCUT2D eigenvalue weighted by Crippen LogP contribution is -2.39. The molecular weight excluding hydrogens is 499 g/mol. The van der Waals surface area contributed by atoms with Gasteiger partial charge in [-0.2, -0.15) is 18.3 Å². The molecule has 2 aromatic carbocycles. The highest BCUT2D eigenvalue weighted by Crippen LogP contribution is 2.30. The predicted molar refractivity (Wildman–Crippen MR) is 133 cm³/mol. The van der Waals surface area contributed by atoms with E-state index in [0.29, 0.717) is 48.6 Å². The zero-order valence-electron chi connectivity index (χ0n) is 20.2. The number of carbonyl (C=O) groups is 2. The summed E-state index contributed by atoms with van der Waals surface area (Å²) in [6, 6.07) is 13.7. The molecule has 1 saturated heterocycles. The van der Waals surface area contributed by atoms with Crippen LogP contribution in [-0.4, -0.2) is 44.6 Å². The van der Waals surface area contributed by atoms with Crippen LogP contribution >= 0.6 is 0 Å². The first-order valence-corrected chi connectivity index (χ1v) is 12.0. The van der Waals surface area contributed by atoms with Crippen LogP contribution in [0.1, 0.15) is 39.1 Å². The zero-order valence-corrected chi connectivity index (χ0v) is 20.2. The van der Waals surface area contributed by atoms with Gasteiger partial charge in [0.15, 0.2) is 0 Å². The first-order valence-electron chi connectivity index (χ1n) is 12.0. The number of alkyl halides is 3. The molecule has 1 aliphatic rings. The van der Waals surface area contributed by atoms with Crippen molar-refractivity contribution in [3.8, 4) is 11.6 Å². The molecule has 5 rings (SSSR count). The van der Waals surface area contributed by atoms with E-state index in [1.54, 1.807) is 42.5 Å². The summed E-state index contributed by atoms with van der Waals surface area (Å²) < 4.78 is 45.4. The number of hydrogen-bond acceptors (Lipinski definition) is 5. The molecule has 0 spiro atoms. The van der Waals surface area contributed by atoms with Crippen LogP contribution in [0.4, 0.5) is 13.2 Å². The van der Waals surface area contributed by atoms with Gasteiger partial charge in [-0.3, -0.25) is 14.3 Å². The first kappa shape index (κ1) is 25.2. The summed E-state index contributed by atoms with van der Waals surface area (Å²) in [7, 11) is 0. The normalized spacial score (nSPS) is 14.6. The Bertz CT molecular complexity index is 1460. The van der Waals surface area contributed by atoms with Gasteiger partial charge in [-0.25, -0.2) is 4.98 Å². The van der Waals surface area contributed by atoms with Gasteiger partial charge in [0.25, 0.3) is 5.91 Å². The Morgan fingerprint density at radius 3 is 2.34 bits per heavy atom. The van der Waals surface area contributed by atoms with E-state index in [1.165, 1.54) is 0 Å². The summed E-state index contributed by atoms with van der Waals surface area (Å²) >= 11 is 0. The van der Waals surface area contributed by atoms with Crippen LogP contribution in [0.5, 0.6) is 11.6 Å². The van der Waals surface area contributed by atoms with Crippen molar-refractivity contribution in [2.45, 2.75) is 25.6 Å². The number of fused-ring (bicyclic) bond motifs is 1. The number of pyridine rings is 1. The molecule has 0 radical (unpaired) electrons. The molecule has 1 aliphatic heterocycles. The maximum Gasteiger partial charge on any atom is 0.417 e. The second-order valence-electron chi connectivity index (χ2n) is 9.23. The van der Waals surface area contributed by atoms with Gasteiger partial charge in [0.2, 0.25) is 11.8 Å². The number of ether oxygens (including phenoxy) is 1. The van der Waals surface area contributed by atoms with Crippen LogP contribution in [0.25, 0.3) is 10.9 Å². The minimum Gasteiger partial charge on any atom is -0.439 e. The fourth-order valence-electron chi connectivity index (χ4n) is 4.48. The lowest BCUT2D eigenvalue weighted by atomic mass is 9.96. The van der Waals surface area contributed by atoms with Crippen molar-refractivity contribution in [2.24, 2.45) is 11.7 Å². The minimum atomic E-state index is -4.46. The average Bonchev–Trinajstić information content (AvgIpc) is 3.30. The van der Waals surface area contributed by atoms with Gasteiger partial charge in [0, 0.05) is 54.6 Å². The molecule has 11 heteroatoms. The molecule has 0 atom stereocenters. The maximum atomic E-state index is 13.0. The summed E-state index contributed by atoms with van der Waals surface area (Å²) in [6.07, 6.45) is -0.188. The molecular formula is C27H24F3N5O3. The third kappa shape index (κ3) is 5.61. The van der Waals surface area contributed by atoms with Crippen LogP contribution < -0.4 is 10.5 Å². The molecule has 1 fully saturated rings.